The molecule has 0 aliphatic rings. The topological polar surface area (TPSA) is 63.6 Å². The molecule has 0 aromatic heterocycles. The third-order valence-corrected chi connectivity index (χ3v) is 3.42. The highest BCUT2D eigenvalue weighted by atomic mass is 32.2. The third kappa shape index (κ3) is 4.13. The Morgan fingerprint density at radius 2 is 1.55 bits per heavy atom. The smallest absolute Gasteiger partial charge is 0.373 e. The fourth-order valence-corrected chi connectivity index (χ4v) is 2.19. The van der Waals surface area contributed by atoms with Gasteiger partial charge in [-0.15, -0.1) is 11.8 Å². The van der Waals surface area contributed by atoms with Crippen molar-refractivity contribution in [3.63, 3.8) is 0 Å². The van der Waals surface area contributed by atoms with Crippen LogP contribution in [0.1, 0.15) is 0 Å². The Morgan fingerprint density at radius 1 is 0.950 bits per heavy atom. The minimum atomic E-state index is -1.40. The van der Waals surface area contributed by atoms with E-state index in [1.54, 1.807) is 24.3 Å². The number of rotatable bonds is 6. The zero-order valence-electron chi connectivity index (χ0n) is 10.5. The molecule has 0 saturated carbocycles. The average Bonchev–Trinajstić information content (AvgIpc) is 2.47. The molecule has 0 spiro atoms. The van der Waals surface area contributed by atoms with Crippen LogP contribution in [0.5, 0.6) is 11.5 Å². The molecule has 2 aromatic rings. The van der Waals surface area contributed by atoms with Crippen molar-refractivity contribution in [1.29, 1.82) is 0 Å². The Kier molecular flexibility index (Phi) is 4.79. The normalized spacial score (nSPS) is 10.0. The zero-order chi connectivity index (χ0) is 14.4. The lowest BCUT2D eigenvalue weighted by Gasteiger charge is -2.06. The Hall–Kier alpha value is -2.27. The van der Waals surface area contributed by atoms with Gasteiger partial charge in [-0.2, -0.15) is 0 Å². The van der Waals surface area contributed by atoms with Crippen molar-refractivity contribution in [2.24, 2.45) is 0 Å². The molecule has 0 unspecified atom stereocenters. The number of Topliss-reactive ketones (excluding diaryl/α,β-unsaturated/α-hetero) is 1. The summed E-state index contributed by atoms with van der Waals surface area (Å²) in [6.45, 7) is 0. The fourth-order valence-electron chi connectivity index (χ4n) is 1.44. The molecular formula is C15H12O4S. The number of carbonyl (C=O) groups excluding carboxylic acids is 1. The molecule has 5 heteroatoms. The average molecular weight is 288 g/mol. The Bertz CT molecular complexity index is 593. The maximum Gasteiger partial charge on any atom is 0.373 e. The Balaban J connectivity index is 1.93. The summed E-state index contributed by atoms with van der Waals surface area (Å²) < 4.78 is 5.63. The lowest BCUT2D eigenvalue weighted by molar-refractivity contribution is -0.147. The van der Waals surface area contributed by atoms with E-state index in [0.29, 0.717) is 5.75 Å². The van der Waals surface area contributed by atoms with Gasteiger partial charge in [0.15, 0.2) is 0 Å². The van der Waals surface area contributed by atoms with Gasteiger partial charge < -0.3 is 9.84 Å². The predicted octanol–water partition coefficient (Wildman–Crippen LogP) is 3.22. The molecule has 0 aliphatic carbocycles. The second-order valence-electron chi connectivity index (χ2n) is 3.90. The van der Waals surface area contributed by atoms with Crippen LogP contribution in [0.3, 0.4) is 0 Å². The number of carboxylic acids is 1. The second-order valence-corrected chi connectivity index (χ2v) is 4.95. The van der Waals surface area contributed by atoms with E-state index in [1.165, 1.54) is 11.8 Å². The highest BCUT2D eigenvalue weighted by Gasteiger charge is 2.11. The van der Waals surface area contributed by atoms with Gasteiger partial charge in [0.05, 0.1) is 5.75 Å². The largest absolute Gasteiger partial charge is 0.475 e. The van der Waals surface area contributed by atoms with Crippen LogP contribution in [0.15, 0.2) is 59.5 Å². The van der Waals surface area contributed by atoms with Gasteiger partial charge in [0.2, 0.25) is 5.78 Å². The minimum absolute atomic E-state index is 0.0752. The van der Waals surface area contributed by atoms with E-state index < -0.39 is 11.8 Å². The lowest BCUT2D eigenvalue weighted by Crippen LogP contribution is -2.14. The van der Waals surface area contributed by atoms with Crippen molar-refractivity contribution < 1.29 is 19.4 Å². The maximum atomic E-state index is 11.0. The van der Waals surface area contributed by atoms with E-state index in [4.69, 9.17) is 9.84 Å². The maximum absolute atomic E-state index is 11.0. The predicted molar refractivity (Wildman–Crippen MR) is 76.3 cm³/mol. The van der Waals surface area contributed by atoms with Crippen LogP contribution in [0.25, 0.3) is 0 Å². The van der Waals surface area contributed by atoms with Gasteiger partial charge in [-0.05, 0) is 36.4 Å². The van der Waals surface area contributed by atoms with Gasteiger partial charge in [-0.25, -0.2) is 4.79 Å². The summed E-state index contributed by atoms with van der Waals surface area (Å²) in [6.07, 6.45) is 0. The SMILES string of the molecule is O=C(O)C(=O)CSc1ccc(Oc2ccccc2)cc1. The molecule has 0 amide bonds. The third-order valence-electron chi connectivity index (χ3n) is 2.41. The van der Waals surface area contributed by atoms with E-state index in [-0.39, 0.29) is 5.75 Å². The molecule has 2 aromatic carbocycles. The molecule has 0 atom stereocenters. The Labute approximate surface area is 120 Å². The molecule has 0 aliphatic heterocycles. The molecule has 1 N–H and O–H groups in total. The van der Waals surface area contributed by atoms with Crippen LogP contribution < -0.4 is 4.74 Å². The molecular weight excluding hydrogens is 276 g/mol. The fraction of sp³-hybridized carbons (Fsp3) is 0.0667. The van der Waals surface area contributed by atoms with Crippen molar-refractivity contribution in [3.8, 4) is 11.5 Å². The van der Waals surface area contributed by atoms with E-state index >= 15 is 0 Å². The number of ether oxygens (including phenoxy) is 1. The quantitative estimate of drug-likeness (QED) is 0.653. The van der Waals surface area contributed by atoms with E-state index in [9.17, 15) is 9.59 Å². The molecule has 2 rings (SSSR count). The standard InChI is InChI=1S/C15H12O4S/c16-14(15(17)18)10-20-13-8-6-12(7-9-13)19-11-4-2-1-3-5-11/h1-9H,10H2,(H,17,18). The molecule has 4 nitrogen and oxygen atoms in total. The van der Waals surface area contributed by atoms with Crippen LogP contribution in [0.2, 0.25) is 0 Å². The number of carboxylic acid groups (broad SMARTS) is 1. The minimum Gasteiger partial charge on any atom is -0.475 e. The number of ketones is 1. The summed E-state index contributed by atoms with van der Waals surface area (Å²) in [5.74, 6) is -0.853. The first kappa shape index (κ1) is 14.1. The molecule has 102 valence electrons. The second kappa shape index (κ2) is 6.77. The summed E-state index contributed by atoms with van der Waals surface area (Å²) in [5, 5.41) is 8.49. The highest BCUT2D eigenvalue weighted by molar-refractivity contribution is 8.00. The zero-order valence-corrected chi connectivity index (χ0v) is 11.3. The van der Waals surface area contributed by atoms with Crippen LogP contribution in [0, 0.1) is 0 Å². The number of carbonyl (C=O) groups is 2. The van der Waals surface area contributed by atoms with E-state index in [1.807, 2.05) is 30.3 Å². The van der Waals surface area contributed by atoms with Crippen molar-refractivity contribution in [1.82, 2.24) is 0 Å². The Morgan fingerprint density at radius 3 is 2.15 bits per heavy atom. The number of hydrogen-bond acceptors (Lipinski definition) is 4. The van der Waals surface area contributed by atoms with Gasteiger partial charge in [0, 0.05) is 4.90 Å². The summed E-state index contributed by atoms with van der Waals surface area (Å²) >= 11 is 1.19. The first-order valence-electron chi connectivity index (χ1n) is 5.87. The van der Waals surface area contributed by atoms with Crippen LogP contribution >= 0.6 is 11.8 Å². The number of para-hydroxylation sites is 1. The molecule has 20 heavy (non-hydrogen) atoms. The lowest BCUT2D eigenvalue weighted by atomic mass is 10.3. The molecule has 0 saturated heterocycles. The van der Waals surface area contributed by atoms with Crippen molar-refractivity contribution >= 4 is 23.5 Å². The summed E-state index contributed by atoms with van der Waals surface area (Å²) in [4.78, 5) is 22.2. The monoisotopic (exact) mass is 288 g/mol. The van der Waals surface area contributed by atoms with Crippen LogP contribution in [-0.2, 0) is 9.59 Å². The number of hydrogen-bond donors (Lipinski definition) is 1. The highest BCUT2D eigenvalue weighted by Crippen LogP contribution is 2.25. The first-order valence-corrected chi connectivity index (χ1v) is 6.85. The van der Waals surface area contributed by atoms with E-state index in [0.717, 1.165) is 10.6 Å². The van der Waals surface area contributed by atoms with Crippen molar-refractivity contribution in [3.05, 3.63) is 54.6 Å². The summed E-state index contributed by atoms with van der Waals surface area (Å²) in [7, 11) is 0. The van der Waals surface area contributed by atoms with Gasteiger partial charge in [0.25, 0.3) is 0 Å². The molecule has 0 radical (unpaired) electrons. The van der Waals surface area contributed by atoms with Crippen molar-refractivity contribution in [2.45, 2.75) is 4.90 Å². The van der Waals surface area contributed by atoms with Gasteiger partial charge >= 0.3 is 5.97 Å². The number of aliphatic carboxylic acids is 1. The van der Waals surface area contributed by atoms with Crippen LogP contribution in [-0.4, -0.2) is 22.6 Å². The number of thioether (sulfide) groups is 1. The van der Waals surface area contributed by atoms with E-state index in [2.05, 4.69) is 0 Å². The summed E-state index contributed by atoms with van der Waals surface area (Å²) in [6, 6.07) is 16.5. The van der Waals surface area contributed by atoms with Gasteiger partial charge in [-0.3, -0.25) is 4.79 Å². The van der Waals surface area contributed by atoms with Crippen molar-refractivity contribution in [2.75, 3.05) is 5.75 Å². The van der Waals surface area contributed by atoms with Gasteiger partial charge in [0.1, 0.15) is 11.5 Å². The summed E-state index contributed by atoms with van der Waals surface area (Å²) in [5.41, 5.74) is 0. The molecule has 0 heterocycles. The molecule has 0 bridgehead atoms. The first-order chi connectivity index (χ1) is 9.65. The number of benzene rings is 2. The van der Waals surface area contributed by atoms with Gasteiger partial charge in [-0.1, -0.05) is 18.2 Å². The van der Waals surface area contributed by atoms with Crippen LogP contribution in [0.4, 0.5) is 0 Å². The molecule has 0 fully saturated rings.